The molecule has 4 aliphatic rings. The number of rotatable bonds is 5. The van der Waals surface area contributed by atoms with Crippen molar-refractivity contribution in [2.75, 3.05) is 26.2 Å². The average molecular weight is 455 g/mol. The van der Waals surface area contributed by atoms with Gasteiger partial charge in [0.2, 0.25) is 5.91 Å². The summed E-state index contributed by atoms with van der Waals surface area (Å²) in [6.45, 7) is 6.25. The van der Waals surface area contributed by atoms with E-state index in [-0.39, 0.29) is 22.8 Å². The van der Waals surface area contributed by atoms with Crippen LogP contribution in [-0.2, 0) is 11.3 Å². The van der Waals surface area contributed by atoms with Crippen LogP contribution in [0.1, 0.15) is 62.6 Å². The lowest BCUT2D eigenvalue weighted by atomic mass is 9.70. The number of carbonyl (C=O) groups excluding carboxylic acids is 1. The Labute approximate surface area is 194 Å². The zero-order chi connectivity index (χ0) is 22.3. The summed E-state index contributed by atoms with van der Waals surface area (Å²) in [6.07, 6.45) is 5.89. The van der Waals surface area contributed by atoms with E-state index in [1.807, 2.05) is 17.0 Å². The van der Waals surface area contributed by atoms with E-state index in [1.165, 1.54) is 0 Å². The highest BCUT2D eigenvalue weighted by atomic mass is 35.5. The molecule has 4 aliphatic heterocycles. The minimum atomic E-state index is -0.231. The van der Waals surface area contributed by atoms with E-state index >= 15 is 0 Å². The van der Waals surface area contributed by atoms with Crippen LogP contribution in [0.15, 0.2) is 29.1 Å². The molecule has 5 heterocycles. The first-order valence-corrected chi connectivity index (χ1v) is 12.3. The van der Waals surface area contributed by atoms with E-state index in [4.69, 9.17) is 16.6 Å². The van der Waals surface area contributed by atoms with Crippen molar-refractivity contribution in [3.05, 3.63) is 50.9 Å². The molecule has 1 amide bonds. The molecule has 170 valence electrons. The molecule has 0 spiro atoms. The standard InChI is InChI=1S/C25H31ClN4O2/c1-2-3-4-18-15-30(24(32)25-9-12-29(13-10-25)14-11-25)16-20-21(18)27-22(28-23(20)31)17-5-7-19(26)8-6-17/h5-8,18H,2-4,9-16H2,1H3,(H,27,28,31). The van der Waals surface area contributed by atoms with E-state index in [1.54, 1.807) is 12.1 Å². The van der Waals surface area contributed by atoms with Crippen LogP contribution in [0.3, 0.4) is 0 Å². The van der Waals surface area contributed by atoms with Crippen LogP contribution < -0.4 is 5.56 Å². The summed E-state index contributed by atoms with van der Waals surface area (Å²) in [5.41, 5.74) is 2.01. The molecule has 0 aliphatic carbocycles. The molecule has 7 heteroatoms. The van der Waals surface area contributed by atoms with E-state index in [0.29, 0.717) is 29.5 Å². The summed E-state index contributed by atoms with van der Waals surface area (Å²) in [4.78, 5) is 39.2. The number of hydrogen-bond acceptors (Lipinski definition) is 4. The largest absolute Gasteiger partial charge is 0.337 e. The number of hydrogen-bond donors (Lipinski definition) is 1. The van der Waals surface area contributed by atoms with Crippen molar-refractivity contribution in [2.24, 2.45) is 5.41 Å². The number of benzene rings is 1. The van der Waals surface area contributed by atoms with Crippen LogP contribution in [0, 0.1) is 5.41 Å². The molecule has 1 unspecified atom stereocenters. The number of aromatic nitrogens is 2. The second-order valence-corrected chi connectivity index (χ2v) is 10.1. The zero-order valence-electron chi connectivity index (χ0n) is 18.7. The first-order valence-electron chi connectivity index (χ1n) is 11.9. The summed E-state index contributed by atoms with van der Waals surface area (Å²) in [6, 6.07) is 7.36. The van der Waals surface area contributed by atoms with Crippen molar-refractivity contribution in [1.82, 2.24) is 19.8 Å². The second-order valence-electron chi connectivity index (χ2n) is 9.68. The van der Waals surface area contributed by atoms with Crippen LogP contribution in [0.4, 0.5) is 0 Å². The Kier molecular flexibility index (Phi) is 5.84. The van der Waals surface area contributed by atoms with Crippen LogP contribution in [0.2, 0.25) is 5.02 Å². The minimum Gasteiger partial charge on any atom is -0.337 e. The van der Waals surface area contributed by atoms with Gasteiger partial charge in [-0.3, -0.25) is 9.59 Å². The molecule has 2 aromatic rings. The van der Waals surface area contributed by atoms with Crippen LogP contribution in [0.25, 0.3) is 11.4 Å². The van der Waals surface area contributed by atoms with Gasteiger partial charge in [-0.05, 0) is 69.6 Å². The van der Waals surface area contributed by atoms with Gasteiger partial charge in [0.1, 0.15) is 5.82 Å². The van der Waals surface area contributed by atoms with E-state index in [0.717, 1.165) is 69.4 Å². The second kappa shape index (κ2) is 8.64. The molecule has 2 bridgehead atoms. The quantitative estimate of drug-likeness (QED) is 0.735. The SMILES string of the molecule is CCCCC1CN(C(=O)C23CCN(CC2)CC3)Cc2c1nc(-c1ccc(Cl)cc1)[nH]c2=O. The summed E-state index contributed by atoms with van der Waals surface area (Å²) < 4.78 is 0. The highest BCUT2D eigenvalue weighted by Gasteiger charge is 2.48. The smallest absolute Gasteiger partial charge is 0.256 e. The molecule has 1 aromatic heterocycles. The molecule has 0 radical (unpaired) electrons. The molecule has 32 heavy (non-hydrogen) atoms. The van der Waals surface area contributed by atoms with Gasteiger partial charge in [-0.25, -0.2) is 4.98 Å². The number of nitrogens with one attached hydrogen (secondary N) is 1. The van der Waals surface area contributed by atoms with Crippen LogP contribution in [0.5, 0.6) is 0 Å². The van der Waals surface area contributed by atoms with Crippen molar-refractivity contribution < 1.29 is 4.79 Å². The van der Waals surface area contributed by atoms with Crippen molar-refractivity contribution in [2.45, 2.75) is 57.9 Å². The molecule has 1 atom stereocenters. The van der Waals surface area contributed by atoms with Crippen molar-refractivity contribution in [3.63, 3.8) is 0 Å². The normalized spacial score (nSPS) is 26.8. The molecule has 6 rings (SSSR count). The predicted molar refractivity (Wildman–Crippen MR) is 126 cm³/mol. The molecule has 0 saturated carbocycles. The lowest BCUT2D eigenvalue weighted by Gasteiger charge is -2.49. The van der Waals surface area contributed by atoms with Gasteiger partial charge in [0, 0.05) is 23.0 Å². The van der Waals surface area contributed by atoms with Gasteiger partial charge < -0.3 is 14.8 Å². The third kappa shape index (κ3) is 3.88. The van der Waals surface area contributed by atoms with Gasteiger partial charge in [-0.1, -0.05) is 31.4 Å². The number of H-pyrrole nitrogens is 1. The molecule has 3 fully saturated rings. The fourth-order valence-corrected chi connectivity index (χ4v) is 5.80. The number of fused-ring (bicyclic) bond motifs is 4. The maximum absolute atomic E-state index is 13.8. The Morgan fingerprint density at radius 2 is 1.88 bits per heavy atom. The monoisotopic (exact) mass is 454 g/mol. The Balaban J connectivity index is 1.48. The molecule has 1 aromatic carbocycles. The van der Waals surface area contributed by atoms with Gasteiger partial charge in [0.05, 0.1) is 23.2 Å². The van der Waals surface area contributed by atoms with Gasteiger partial charge >= 0.3 is 0 Å². The number of carbonyl (C=O) groups is 1. The van der Waals surface area contributed by atoms with E-state index < -0.39 is 0 Å². The summed E-state index contributed by atoms with van der Waals surface area (Å²) in [5, 5.41) is 0.650. The van der Waals surface area contributed by atoms with Gasteiger partial charge in [-0.15, -0.1) is 0 Å². The third-order valence-corrected chi connectivity index (χ3v) is 7.96. The van der Waals surface area contributed by atoms with Gasteiger partial charge in [-0.2, -0.15) is 0 Å². The molecule has 6 nitrogen and oxygen atoms in total. The van der Waals surface area contributed by atoms with Gasteiger partial charge in [0.25, 0.3) is 5.56 Å². The number of amides is 1. The van der Waals surface area contributed by atoms with Crippen molar-refractivity contribution in [1.29, 1.82) is 0 Å². The number of nitrogens with zero attached hydrogens (tertiary/aromatic N) is 3. The maximum Gasteiger partial charge on any atom is 0.256 e. The third-order valence-electron chi connectivity index (χ3n) is 7.71. The molecule has 1 N–H and O–H groups in total. The summed E-state index contributed by atoms with van der Waals surface area (Å²) in [5.74, 6) is 0.922. The Morgan fingerprint density at radius 1 is 1.19 bits per heavy atom. The highest BCUT2D eigenvalue weighted by Crippen LogP contribution is 2.43. The Morgan fingerprint density at radius 3 is 2.53 bits per heavy atom. The molecular weight excluding hydrogens is 424 g/mol. The fourth-order valence-electron chi connectivity index (χ4n) is 5.67. The maximum atomic E-state index is 13.8. The number of piperidine rings is 3. The number of aromatic amines is 1. The Bertz CT molecular complexity index is 1040. The average Bonchev–Trinajstić information content (AvgIpc) is 2.83. The number of halogens is 1. The fraction of sp³-hybridized carbons (Fsp3) is 0.560. The van der Waals surface area contributed by atoms with Crippen LogP contribution >= 0.6 is 11.6 Å². The zero-order valence-corrected chi connectivity index (χ0v) is 19.5. The van der Waals surface area contributed by atoms with Gasteiger partial charge in [0.15, 0.2) is 0 Å². The van der Waals surface area contributed by atoms with Crippen molar-refractivity contribution in [3.8, 4) is 11.4 Å². The first kappa shape index (κ1) is 21.7. The highest BCUT2D eigenvalue weighted by molar-refractivity contribution is 6.30. The van der Waals surface area contributed by atoms with E-state index in [2.05, 4.69) is 16.8 Å². The molecular formula is C25H31ClN4O2. The van der Waals surface area contributed by atoms with E-state index in [9.17, 15) is 9.59 Å². The Hall–Kier alpha value is -2.18. The lowest BCUT2D eigenvalue weighted by molar-refractivity contribution is -0.151. The molecule has 3 saturated heterocycles. The van der Waals surface area contributed by atoms with Crippen LogP contribution in [-0.4, -0.2) is 51.9 Å². The topological polar surface area (TPSA) is 69.3 Å². The number of unbranched alkanes of at least 4 members (excludes halogenated alkanes) is 1. The summed E-state index contributed by atoms with van der Waals surface area (Å²) in [7, 11) is 0. The summed E-state index contributed by atoms with van der Waals surface area (Å²) >= 11 is 6.03. The first-order chi connectivity index (χ1) is 15.5. The van der Waals surface area contributed by atoms with Crippen molar-refractivity contribution >= 4 is 17.5 Å². The lowest BCUT2D eigenvalue weighted by Crippen LogP contribution is -2.57. The minimum absolute atomic E-state index is 0.0936. The predicted octanol–water partition coefficient (Wildman–Crippen LogP) is 4.19.